The molecule has 0 saturated carbocycles. The number of alkyl halides is 3. The number of nitrogens with one attached hydrogen (secondary N) is 1. The van der Waals surface area contributed by atoms with Crippen LogP contribution in [-0.2, 0) is 32.3 Å². The van der Waals surface area contributed by atoms with Crippen LogP contribution >= 0.6 is 11.6 Å². The smallest absolute Gasteiger partial charge is 0.354 e. The summed E-state index contributed by atoms with van der Waals surface area (Å²) in [4.78, 5) is 28.0. The SMILES string of the molecule is CCCCNC(=O)C(CC)N(Cc1ccc(F)cc1)C(=O)CN(c1ccc(Cl)c(C(F)(F)F)c1)S(=O)(=O)c1ccccc1. The molecule has 0 radical (unpaired) electrons. The second kappa shape index (κ2) is 14.7. The lowest BCUT2D eigenvalue weighted by Gasteiger charge is -2.33. The number of unbranched alkanes of at least 4 members (excludes halogenated alkanes) is 1. The number of amides is 2. The predicted molar refractivity (Wildman–Crippen MR) is 156 cm³/mol. The first-order valence-electron chi connectivity index (χ1n) is 13.6. The van der Waals surface area contributed by atoms with Gasteiger partial charge in [0.2, 0.25) is 11.8 Å². The van der Waals surface area contributed by atoms with Crippen molar-refractivity contribution in [2.75, 3.05) is 17.4 Å². The number of halogens is 5. The summed E-state index contributed by atoms with van der Waals surface area (Å²) in [6, 6.07) is 13.6. The summed E-state index contributed by atoms with van der Waals surface area (Å²) in [5, 5.41) is 2.13. The largest absolute Gasteiger partial charge is 0.417 e. The zero-order valence-electron chi connectivity index (χ0n) is 23.6. The summed E-state index contributed by atoms with van der Waals surface area (Å²) < 4.78 is 83.0. The van der Waals surface area contributed by atoms with E-state index in [0.29, 0.717) is 28.9 Å². The van der Waals surface area contributed by atoms with E-state index in [2.05, 4.69) is 5.32 Å². The van der Waals surface area contributed by atoms with Gasteiger partial charge in [0.15, 0.2) is 0 Å². The van der Waals surface area contributed by atoms with E-state index in [0.717, 1.165) is 23.5 Å². The molecule has 0 spiro atoms. The number of benzene rings is 3. The van der Waals surface area contributed by atoms with Crippen LogP contribution in [0.5, 0.6) is 0 Å². The first kappa shape index (κ1) is 33.9. The number of hydrogen-bond donors (Lipinski definition) is 1. The van der Waals surface area contributed by atoms with Crippen LogP contribution in [0.4, 0.5) is 23.2 Å². The van der Waals surface area contributed by atoms with Crippen LogP contribution in [0.25, 0.3) is 0 Å². The third-order valence-corrected chi connectivity index (χ3v) is 8.75. The molecular weight excluding hydrogens is 610 g/mol. The van der Waals surface area contributed by atoms with E-state index in [4.69, 9.17) is 11.6 Å². The molecule has 0 saturated heterocycles. The van der Waals surface area contributed by atoms with E-state index < -0.39 is 62.7 Å². The molecule has 3 aromatic rings. The third-order valence-electron chi connectivity index (χ3n) is 6.64. The van der Waals surface area contributed by atoms with Crippen molar-refractivity contribution >= 4 is 39.1 Å². The minimum Gasteiger partial charge on any atom is -0.354 e. The molecular formula is C30H32ClF4N3O4S. The van der Waals surface area contributed by atoms with Gasteiger partial charge >= 0.3 is 6.18 Å². The quantitative estimate of drug-likeness (QED) is 0.172. The molecule has 0 fully saturated rings. The first-order valence-corrected chi connectivity index (χ1v) is 15.4. The van der Waals surface area contributed by atoms with Gasteiger partial charge in [-0.15, -0.1) is 0 Å². The molecule has 0 aliphatic carbocycles. The minimum absolute atomic E-state index is 0.148. The van der Waals surface area contributed by atoms with Crippen LogP contribution in [-0.4, -0.2) is 44.3 Å². The Morgan fingerprint density at radius 1 is 0.977 bits per heavy atom. The van der Waals surface area contributed by atoms with Crippen LogP contribution < -0.4 is 9.62 Å². The van der Waals surface area contributed by atoms with Gasteiger partial charge in [0.1, 0.15) is 18.4 Å². The average molecular weight is 642 g/mol. The van der Waals surface area contributed by atoms with Crippen molar-refractivity contribution in [3.63, 3.8) is 0 Å². The molecule has 1 unspecified atom stereocenters. The Kier molecular flexibility index (Phi) is 11.6. The number of anilines is 1. The van der Waals surface area contributed by atoms with E-state index in [1.165, 1.54) is 48.5 Å². The molecule has 0 aromatic heterocycles. The number of carbonyl (C=O) groups excluding carboxylic acids is 2. The van der Waals surface area contributed by atoms with Crippen molar-refractivity contribution in [3.8, 4) is 0 Å². The Balaban J connectivity index is 2.11. The van der Waals surface area contributed by atoms with E-state index in [9.17, 15) is 35.6 Å². The first-order chi connectivity index (χ1) is 20.3. The number of carbonyl (C=O) groups is 2. The Labute approximate surface area is 253 Å². The van der Waals surface area contributed by atoms with Gasteiger partial charge in [-0.25, -0.2) is 12.8 Å². The maximum atomic E-state index is 14.0. The van der Waals surface area contributed by atoms with E-state index >= 15 is 0 Å². The van der Waals surface area contributed by atoms with E-state index in [1.54, 1.807) is 13.0 Å². The van der Waals surface area contributed by atoms with Gasteiger partial charge < -0.3 is 10.2 Å². The molecule has 3 rings (SSSR count). The molecule has 1 atom stereocenters. The molecule has 13 heteroatoms. The molecule has 0 aliphatic rings. The van der Waals surface area contributed by atoms with E-state index in [1.807, 2.05) is 6.92 Å². The molecule has 7 nitrogen and oxygen atoms in total. The maximum Gasteiger partial charge on any atom is 0.417 e. The number of rotatable bonds is 13. The van der Waals surface area contributed by atoms with Gasteiger partial charge in [0.05, 0.1) is 21.2 Å². The molecule has 232 valence electrons. The molecule has 43 heavy (non-hydrogen) atoms. The highest BCUT2D eigenvalue weighted by Gasteiger charge is 2.37. The topological polar surface area (TPSA) is 86.8 Å². The Morgan fingerprint density at radius 3 is 2.21 bits per heavy atom. The Bertz CT molecular complexity index is 1500. The second-order valence-electron chi connectivity index (χ2n) is 9.70. The Hall–Kier alpha value is -3.64. The van der Waals surface area contributed by atoms with Gasteiger partial charge in [-0.1, -0.05) is 62.2 Å². The normalized spacial score (nSPS) is 12.4. The third kappa shape index (κ3) is 8.70. The highest BCUT2D eigenvalue weighted by atomic mass is 35.5. The number of nitrogens with zero attached hydrogens (tertiary/aromatic N) is 2. The minimum atomic E-state index is -4.90. The van der Waals surface area contributed by atoms with Gasteiger partial charge in [-0.3, -0.25) is 13.9 Å². The predicted octanol–water partition coefficient (Wildman–Crippen LogP) is 6.42. The fourth-order valence-corrected chi connectivity index (χ4v) is 6.00. The van der Waals surface area contributed by atoms with Crippen LogP contribution in [0.15, 0.2) is 77.7 Å². The summed E-state index contributed by atoms with van der Waals surface area (Å²) in [5.41, 5.74) is -1.27. The van der Waals surface area contributed by atoms with Crippen molar-refractivity contribution in [2.45, 2.75) is 56.8 Å². The van der Waals surface area contributed by atoms with Crippen LogP contribution in [0, 0.1) is 5.82 Å². The van der Waals surface area contributed by atoms with Crippen molar-refractivity contribution in [1.82, 2.24) is 10.2 Å². The van der Waals surface area contributed by atoms with Gasteiger partial charge in [-0.2, -0.15) is 13.2 Å². The summed E-state index contributed by atoms with van der Waals surface area (Å²) >= 11 is 5.79. The summed E-state index contributed by atoms with van der Waals surface area (Å²) in [6.45, 7) is 2.84. The molecule has 3 aromatic carbocycles. The van der Waals surface area contributed by atoms with Crippen molar-refractivity contribution < 1.29 is 35.6 Å². The lowest BCUT2D eigenvalue weighted by atomic mass is 10.1. The summed E-state index contributed by atoms with van der Waals surface area (Å²) in [5.74, 6) is -1.85. The highest BCUT2D eigenvalue weighted by molar-refractivity contribution is 7.92. The molecule has 2 amide bonds. The van der Waals surface area contributed by atoms with Crippen LogP contribution in [0.1, 0.15) is 44.2 Å². The van der Waals surface area contributed by atoms with Gasteiger partial charge in [-0.05, 0) is 60.9 Å². The lowest BCUT2D eigenvalue weighted by Crippen LogP contribution is -2.52. The lowest BCUT2D eigenvalue weighted by molar-refractivity contribution is -0.140. The monoisotopic (exact) mass is 641 g/mol. The van der Waals surface area contributed by atoms with Crippen LogP contribution in [0.2, 0.25) is 5.02 Å². The van der Waals surface area contributed by atoms with Gasteiger partial charge in [0, 0.05) is 13.1 Å². The highest BCUT2D eigenvalue weighted by Crippen LogP contribution is 2.38. The number of sulfonamides is 1. The van der Waals surface area contributed by atoms with Crippen molar-refractivity contribution in [1.29, 1.82) is 0 Å². The zero-order chi connectivity index (χ0) is 31.8. The van der Waals surface area contributed by atoms with E-state index in [-0.39, 0.29) is 17.9 Å². The van der Waals surface area contributed by atoms with Gasteiger partial charge in [0.25, 0.3) is 10.0 Å². The Morgan fingerprint density at radius 2 is 1.63 bits per heavy atom. The van der Waals surface area contributed by atoms with Crippen LogP contribution in [0.3, 0.4) is 0 Å². The average Bonchev–Trinajstić information content (AvgIpc) is 2.97. The maximum absolute atomic E-state index is 14.0. The number of hydrogen-bond acceptors (Lipinski definition) is 4. The molecule has 0 aliphatic heterocycles. The fourth-order valence-electron chi connectivity index (χ4n) is 4.35. The summed E-state index contributed by atoms with van der Waals surface area (Å²) in [6.07, 6.45) is -3.26. The summed E-state index contributed by atoms with van der Waals surface area (Å²) in [7, 11) is -4.58. The standard InChI is InChI=1S/C30H32ClF4N3O4S/c1-3-5-17-36-29(40)27(4-2)37(19-21-11-13-22(32)14-12-21)28(39)20-38(43(41,42)24-9-7-6-8-10-24)23-15-16-26(31)25(18-23)30(33,34)35/h6-16,18,27H,3-5,17,19-20H2,1-2H3,(H,36,40). The molecule has 1 N–H and O–H groups in total. The molecule has 0 bridgehead atoms. The van der Waals surface area contributed by atoms with Crippen molar-refractivity contribution in [2.24, 2.45) is 0 Å². The zero-order valence-corrected chi connectivity index (χ0v) is 25.1. The van der Waals surface area contributed by atoms with Crippen molar-refractivity contribution in [3.05, 3.63) is 94.8 Å². The molecule has 0 heterocycles. The fraction of sp³-hybridized carbons (Fsp3) is 0.333. The second-order valence-corrected chi connectivity index (χ2v) is 12.0.